The highest BCUT2D eigenvalue weighted by Crippen LogP contribution is 2.66. The van der Waals surface area contributed by atoms with Crippen LogP contribution < -0.4 is 0 Å². The second kappa shape index (κ2) is 15.1. The van der Waals surface area contributed by atoms with Crippen LogP contribution in [0.25, 0.3) is 0 Å². The van der Waals surface area contributed by atoms with Gasteiger partial charge in [0.1, 0.15) is 18.3 Å². The Balaban J connectivity index is 1.97. The zero-order valence-electron chi connectivity index (χ0n) is 31.8. The van der Waals surface area contributed by atoms with Crippen molar-refractivity contribution in [3.63, 3.8) is 0 Å². The van der Waals surface area contributed by atoms with Crippen molar-refractivity contribution in [1.29, 1.82) is 0 Å². The maximum Gasteiger partial charge on any atom is 0.308 e. The van der Waals surface area contributed by atoms with Crippen LogP contribution in [0.2, 0.25) is 0 Å². The lowest BCUT2D eigenvalue weighted by Gasteiger charge is -2.55. The summed E-state index contributed by atoms with van der Waals surface area (Å²) in [5.41, 5.74) is -3.39. The number of benzene rings is 1. The first kappa shape index (κ1) is 40.7. The highest BCUT2D eigenvalue weighted by atomic mass is 16.6. The maximum atomic E-state index is 13.7. The molecule has 3 aliphatic rings. The van der Waals surface area contributed by atoms with Gasteiger partial charge in [0.05, 0.1) is 23.5 Å². The Bertz CT molecular complexity index is 1610. The molecule has 2 N–H and O–H groups in total. The fraction of sp³-hybridized carbons (Fsp3) is 0.615. The zero-order valence-corrected chi connectivity index (χ0v) is 31.8. The number of carbonyl (C=O) groups excluding carboxylic acids is 5. The number of aliphatic hydroxyl groups is 2. The van der Waals surface area contributed by atoms with Crippen LogP contribution in [0.3, 0.4) is 0 Å². The van der Waals surface area contributed by atoms with Gasteiger partial charge >= 0.3 is 29.8 Å². The van der Waals surface area contributed by atoms with Gasteiger partial charge in [-0.1, -0.05) is 43.8 Å². The van der Waals surface area contributed by atoms with Gasteiger partial charge in [0, 0.05) is 57.9 Å². The lowest BCUT2D eigenvalue weighted by molar-refractivity contribution is -0.211. The van der Waals surface area contributed by atoms with E-state index in [-0.39, 0.29) is 36.5 Å². The van der Waals surface area contributed by atoms with Crippen molar-refractivity contribution < 1.29 is 57.9 Å². The molecule has 0 radical (unpaired) electrons. The molecule has 1 aromatic rings. The minimum absolute atomic E-state index is 0.0411. The molecule has 2 saturated carbocycles. The number of carbonyl (C=O) groups is 5. The minimum Gasteiger partial charge on any atom is -0.461 e. The van der Waals surface area contributed by atoms with Gasteiger partial charge in [-0.25, -0.2) is 0 Å². The van der Waals surface area contributed by atoms with Gasteiger partial charge in [0.15, 0.2) is 12.2 Å². The van der Waals surface area contributed by atoms with Crippen LogP contribution in [0.5, 0.6) is 0 Å². The molecule has 13 heteroatoms. The Morgan fingerprint density at radius 3 is 1.92 bits per heavy atom. The molecule has 0 bridgehead atoms. The molecule has 0 aliphatic heterocycles. The van der Waals surface area contributed by atoms with Crippen LogP contribution in [-0.4, -0.2) is 101 Å². The Hall–Kier alpha value is -4.07. The zero-order chi connectivity index (χ0) is 39.1. The van der Waals surface area contributed by atoms with E-state index in [0.29, 0.717) is 5.57 Å². The third kappa shape index (κ3) is 7.40. The van der Waals surface area contributed by atoms with E-state index in [1.807, 2.05) is 49.3 Å². The van der Waals surface area contributed by atoms with Crippen molar-refractivity contribution in [3.8, 4) is 0 Å². The first-order chi connectivity index (χ1) is 24.1. The predicted molar refractivity (Wildman–Crippen MR) is 187 cm³/mol. The van der Waals surface area contributed by atoms with Gasteiger partial charge < -0.3 is 38.8 Å². The molecule has 52 heavy (non-hydrogen) atoms. The predicted octanol–water partition coefficient (Wildman–Crippen LogP) is 3.75. The molecule has 13 nitrogen and oxygen atoms in total. The summed E-state index contributed by atoms with van der Waals surface area (Å²) < 4.78 is 30.0. The Kier molecular flexibility index (Phi) is 11.8. The number of nitrogens with zero attached hydrogens (tertiary/aromatic N) is 1. The van der Waals surface area contributed by atoms with Crippen molar-refractivity contribution >= 4 is 29.8 Å². The second-order valence-electron chi connectivity index (χ2n) is 15.3. The molecule has 2 fully saturated rings. The van der Waals surface area contributed by atoms with Gasteiger partial charge in [-0.3, -0.25) is 24.0 Å². The highest BCUT2D eigenvalue weighted by Gasteiger charge is 2.73. The molecule has 0 aromatic heterocycles. The third-order valence-electron chi connectivity index (χ3n) is 11.2. The van der Waals surface area contributed by atoms with Crippen molar-refractivity contribution in [2.24, 2.45) is 16.7 Å². The van der Waals surface area contributed by atoms with Gasteiger partial charge in [0.25, 0.3) is 0 Å². The number of hydrogen-bond donors (Lipinski definition) is 2. The summed E-state index contributed by atoms with van der Waals surface area (Å²) >= 11 is 0. The monoisotopic (exact) mass is 727 g/mol. The van der Waals surface area contributed by atoms with Crippen molar-refractivity contribution in [2.45, 2.75) is 123 Å². The van der Waals surface area contributed by atoms with Crippen LogP contribution >= 0.6 is 0 Å². The van der Waals surface area contributed by atoms with Crippen molar-refractivity contribution in [3.05, 3.63) is 59.2 Å². The molecular weight excluding hydrogens is 674 g/mol. The molecule has 1 aromatic carbocycles. The lowest BCUT2D eigenvalue weighted by atomic mass is 9.54. The van der Waals surface area contributed by atoms with E-state index in [1.165, 1.54) is 41.5 Å². The molecule has 4 rings (SSSR count). The fourth-order valence-electron chi connectivity index (χ4n) is 8.93. The maximum absolute atomic E-state index is 13.7. The first-order valence-electron chi connectivity index (χ1n) is 17.5. The number of rotatable bonds is 10. The average molecular weight is 728 g/mol. The van der Waals surface area contributed by atoms with Crippen LogP contribution in [0.1, 0.15) is 86.3 Å². The first-order valence-corrected chi connectivity index (χ1v) is 17.5. The largest absolute Gasteiger partial charge is 0.461 e. The fourth-order valence-corrected chi connectivity index (χ4v) is 8.93. The molecule has 0 amide bonds. The molecule has 0 spiro atoms. The van der Waals surface area contributed by atoms with E-state index < -0.39 is 88.8 Å². The van der Waals surface area contributed by atoms with Gasteiger partial charge in [0.2, 0.25) is 0 Å². The number of hydrogen-bond acceptors (Lipinski definition) is 13. The number of ether oxygens (including phenoxy) is 5. The van der Waals surface area contributed by atoms with Crippen molar-refractivity contribution in [1.82, 2.24) is 4.90 Å². The van der Waals surface area contributed by atoms with Gasteiger partial charge in [-0.05, 0) is 57.1 Å². The summed E-state index contributed by atoms with van der Waals surface area (Å²) in [5, 5.41) is 24.6. The van der Waals surface area contributed by atoms with Gasteiger partial charge in [-0.2, -0.15) is 0 Å². The normalized spacial score (nSPS) is 32.2. The van der Waals surface area contributed by atoms with Crippen LogP contribution in [0.4, 0.5) is 0 Å². The van der Waals surface area contributed by atoms with Crippen LogP contribution in [-0.2, 0) is 47.7 Å². The molecule has 286 valence electrons. The third-order valence-corrected chi connectivity index (χ3v) is 11.2. The summed E-state index contributed by atoms with van der Waals surface area (Å²) in [6.45, 7) is 15.4. The minimum atomic E-state index is -1.81. The number of fused-ring (bicyclic) bond motifs is 2. The Labute approximate surface area is 305 Å². The molecule has 0 heterocycles. The van der Waals surface area contributed by atoms with E-state index in [9.17, 15) is 34.2 Å². The summed E-state index contributed by atoms with van der Waals surface area (Å²) in [5.74, 6) is -4.68. The average Bonchev–Trinajstić information content (AvgIpc) is 3.28. The van der Waals surface area contributed by atoms with Crippen LogP contribution in [0, 0.1) is 16.7 Å². The highest BCUT2D eigenvalue weighted by molar-refractivity contribution is 5.72. The number of aliphatic hydroxyl groups excluding tert-OH is 1. The van der Waals surface area contributed by atoms with Crippen molar-refractivity contribution in [2.75, 3.05) is 14.1 Å². The van der Waals surface area contributed by atoms with Crippen LogP contribution in [0.15, 0.2) is 53.6 Å². The smallest absolute Gasteiger partial charge is 0.308 e. The molecular formula is C39H53NO12. The van der Waals surface area contributed by atoms with Gasteiger partial charge in [-0.15, -0.1) is 0 Å². The Morgan fingerprint density at radius 2 is 1.42 bits per heavy atom. The van der Waals surface area contributed by atoms with E-state index in [1.54, 1.807) is 13.8 Å². The molecule has 0 unspecified atom stereocenters. The summed E-state index contributed by atoms with van der Waals surface area (Å²) in [4.78, 5) is 66.9. The van der Waals surface area contributed by atoms with E-state index in [2.05, 4.69) is 6.58 Å². The van der Waals surface area contributed by atoms with E-state index in [0.717, 1.165) is 5.56 Å². The molecule has 3 aliphatic carbocycles. The summed E-state index contributed by atoms with van der Waals surface area (Å²) in [7, 11) is 3.69. The molecule has 0 saturated heterocycles. The summed E-state index contributed by atoms with van der Waals surface area (Å²) in [6.07, 6.45) is -8.17. The topological polar surface area (TPSA) is 175 Å². The second-order valence-corrected chi connectivity index (χ2v) is 15.3. The SMILES string of the molecule is C=C1[C@@H](OC(=O)C[C@H](c2ccccc2)N(C)C)C[C@H](O)[C@]2(C)[C@@H](OC(C)=O)[C@H](OC(C)=O)C3=C(C)[C@@H](OC(C)=O)C[C@@]3(C(C)(C)O)[C@@H](OC(C)=O)[C@H]12. The van der Waals surface area contributed by atoms with E-state index in [4.69, 9.17) is 23.7 Å². The number of esters is 5. The van der Waals surface area contributed by atoms with E-state index >= 15 is 0 Å². The Morgan fingerprint density at radius 1 is 0.885 bits per heavy atom. The standard InChI is InChI=1S/C39H53NO12/c1-20-28(52-31(46)17-27(40(10)11)26-15-13-12-14-16-26)18-30(45)38(9)33(20)35(50-24(5)43)39(37(7,8)47)19-29(48-22(3)41)21(2)32(39)34(49-23(4)42)36(38)51-25(6)44/h12-16,27-30,33-36,45,47H,1,17-19H2,2-11H3/t27-,28+,29+,30+,33+,34-,35+,36+,38+,39+/m1/s1. The molecule has 10 atom stereocenters. The quantitative estimate of drug-likeness (QED) is 0.203. The summed E-state index contributed by atoms with van der Waals surface area (Å²) in [6, 6.07) is 9.10. The lowest BCUT2D eigenvalue weighted by Crippen LogP contribution is -2.63.